The molecule has 0 spiro atoms. The van der Waals surface area contributed by atoms with Crippen molar-refractivity contribution >= 4 is 28.8 Å². The summed E-state index contributed by atoms with van der Waals surface area (Å²) >= 11 is 1.69. The zero-order valence-corrected chi connectivity index (χ0v) is 14.5. The zero-order chi connectivity index (χ0) is 17.2. The topological polar surface area (TPSA) is 64.1 Å². The zero-order valence-electron chi connectivity index (χ0n) is 13.7. The lowest BCUT2D eigenvalue weighted by molar-refractivity contribution is 0.0963. The van der Waals surface area contributed by atoms with Gasteiger partial charge >= 0.3 is 0 Å². The Morgan fingerprint density at radius 1 is 1.20 bits per heavy atom. The minimum atomic E-state index is 0.121. The van der Waals surface area contributed by atoms with Crippen LogP contribution in [0.4, 0.5) is 11.6 Å². The number of methoxy groups -OCH3 is 1. The van der Waals surface area contributed by atoms with Crippen molar-refractivity contribution in [2.24, 2.45) is 0 Å². The van der Waals surface area contributed by atoms with Gasteiger partial charge in [-0.3, -0.25) is 4.79 Å². The van der Waals surface area contributed by atoms with Crippen LogP contribution in [-0.4, -0.2) is 22.9 Å². The third-order valence-electron chi connectivity index (χ3n) is 4.33. The number of thiophene rings is 1. The van der Waals surface area contributed by atoms with Crippen LogP contribution in [0, 0.1) is 0 Å². The molecule has 0 amide bonds. The first kappa shape index (κ1) is 15.8. The predicted octanol–water partition coefficient (Wildman–Crippen LogP) is 4.20. The van der Waals surface area contributed by atoms with Crippen molar-refractivity contribution < 1.29 is 9.53 Å². The predicted molar refractivity (Wildman–Crippen MR) is 98.0 cm³/mol. The van der Waals surface area contributed by atoms with Gasteiger partial charge in [0.2, 0.25) is 5.95 Å². The molecule has 0 unspecified atom stereocenters. The highest BCUT2D eigenvalue weighted by molar-refractivity contribution is 7.10. The van der Waals surface area contributed by atoms with E-state index in [0.717, 1.165) is 23.6 Å². The lowest BCUT2D eigenvalue weighted by Gasteiger charge is -2.22. The SMILES string of the molecule is COc1ccc(Nc2ncc3c(n2)C[C@H](c2cccs2)CC3=O)cc1. The van der Waals surface area contributed by atoms with E-state index in [1.807, 2.05) is 35.7 Å². The number of ether oxygens (including phenoxy) is 1. The number of benzene rings is 1. The molecule has 2 heterocycles. The number of carbonyl (C=O) groups is 1. The summed E-state index contributed by atoms with van der Waals surface area (Å²) in [5.74, 6) is 1.63. The first-order chi connectivity index (χ1) is 12.2. The number of Topliss-reactive ketones (excluding diaryl/α,β-unsaturated/α-hetero) is 1. The van der Waals surface area contributed by atoms with E-state index in [1.54, 1.807) is 24.6 Å². The minimum Gasteiger partial charge on any atom is -0.497 e. The van der Waals surface area contributed by atoms with Gasteiger partial charge in [-0.1, -0.05) is 6.07 Å². The fourth-order valence-electron chi connectivity index (χ4n) is 3.03. The summed E-state index contributed by atoms with van der Waals surface area (Å²) in [6.45, 7) is 0. The third kappa shape index (κ3) is 3.25. The Bertz CT molecular complexity index is 892. The molecule has 0 bridgehead atoms. The fraction of sp³-hybridized carbons (Fsp3) is 0.211. The van der Waals surface area contributed by atoms with Crippen LogP contribution in [0.2, 0.25) is 0 Å². The Balaban J connectivity index is 1.58. The average molecular weight is 351 g/mol. The third-order valence-corrected chi connectivity index (χ3v) is 5.37. The van der Waals surface area contributed by atoms with Crippen LogP contribution in [0.1, 0.15) is 33.3 Å². The first-order valence-electron chi connectivity index (χ1n) is 8.06. The van der Waals surface area contributed by atoms with E-state index in [2.05, 4.69) is 21.4 Å². The van der Waals surface area contributed by atoms with Crippen molar-refractivity contribution in [1.29, 1.82) is 0 Å². The van der Waals surface area contributed by atoms with Crippen LogP contribution in [0.3, 0.4) is 0 Å². The molecule has 1 atom stereocenters. The molecule has 0 aliphatic heterocycles. The number of carbonyl (C=O) groups excluding carboxylic acids is 1. The number of hydrogen-bond donors (Lipinski definition) is 1. The molecule has 126 valence electrons. The molecule has 1 N–H and O–H groups in total. The molecule has 6 heteroatoms. The molecule has 1 aromatic carbocycles. The summed E-state index contributed by atoms with van der Waals surface area (Å²) in [7, 11) is 1.63. The highest BCUT2D eigenvalue weighted by Gasteiger charge is 2.28. The summed E-state index contributed by atoms with van der Waals surface area (Å²) in [5.41, 5.74) is 2.34. The highest BCUT2D eigenvalue weighted by Crippen LogP contribution is 2.34. The van der Waals surface area contributed by atoms with Crippen molar-refractivity contribution in [3.05, 3.63) is 64.1 Å². The van der Waals surface area contributed by atoms with Crippen LogP contribution in [-0.2, 0) is 6.42 Å². The molecule has 1 aliphatic rings. The van der Waals surface area contributed by atoms with Crippen LogP contribution < -0.4 is 10.1 Å². The second-order valence-electron chi connectivity index (χ2n) is 5.95. The minimum absolute atomic E-state index is 0.121. The Hall–Kier alpha value is -2.73. The highest BCUT2D eigenvalue weighted by atomic mass is 32.1. The summed E-state index contributed by atoms with van der Waals surface area (Å²) in [4.78, 5) is 22.5. The van der Waals surface area contributed by atoms with Gasteiger partial charge in [-0.15, -0.1) is 11.3 Å². The van der Waals surface area contributed by atoms with Gasteiger partial charge in [0.25, 0.3) is 0 Å². The largest absolute Gasteiger partial charge is 0.497 e. The molecule has 0 radical (unpaired) electrons. The summed E-state index contributed by atoms with van der Waals surface area (Å²) in [6, 6.07) is 11.7. The van der Waals surface area contributed by atoms with Gasteiger partial charge in [0, 0.05) is 29.1 Å². The Labute approximate surface area is 149 Å². The summed E-state index contributed by atoms with van der Waals surface area (Å²) in [6.07, 6.45) is 2.94. The molecule has 0 fully saturated rings. The maximum atomic E-state index is 12.4. The lowest BCUT2D eigenvalue weighted by atomic mass is 9.86. The molecule has 3 aromatic rings. The molecule has 4 rings (SSSR count). The maximum Gasteiger partial charge on any atom is 0.227 e. The van der Waals surface area contributed by atoms with Gasteiger partial charge in [-0.2, -0.15) is 0 Å². The number of anilines is 2. The van der Waals surface area contributed by atoms with Crippen molar-refractivity contribution in [3.8, 4) is 5.75 Å². The van der Waals surface area contributed by atoms with Crippen LogP contribution in [0.25, 0.3) is 0 Å². The van der Waals surface area contributed by atoms with Gasteiger partial charge in [0.05, 0.1) is 18.4 Å². The van der Waals surface area contributed by atoms with E-state index < -0.39 is 0 Å². The van der Waals surface area contributed by atoms with Gasteiger partial charge in [-0.25, -0.2) is 9.97 Å². The molecule has 0 saturated carbocycles. The number of fused-ring (bicyclic) bond motifs is 1. The fourth-order valence-corrected chi connectivity index (χ4v) is 3.86. The van der Waals surface area contributed by atoms with Crippen LogP contribution in [0.5, 0.6) is 5.75 Å². The molecule has 1 aliphatic carbocycles. The van der Waals surface area contributed by atoms with Gasteiger partial charge < -0.3 is 10.1 Å². The Kier molecular flexibility index (Phi) is 4.19. The van der Waals surface area contributed by atoms with E-state index in [4.69, 9.17) is 4.74 Å². The monoisotopic (exact) mass is 351 g/mol. The molecular weight excluding hydrogens is 334 g/mol. The summed E-state index contributed by atoms with van der Waals surface area (Å²) < 4.78 is 5.16. The van der Waals surface area contributed by atoms with E-state index in [9.17, 15) is 4.79 Å². The quantitative estimate of drug-likeness (QED) is 0.763. The molecule has 0 saturated heterocycles. The van der Waals surface area contributed by atoms with E-state index in [1.165, 1.54) is 4.88 Å². The van der Waals surface area contributed by atoms with Crippen molar-refractivity contribution in [3.63, 3.8) is 0 Å². The second kappa shape index (κ2) is 6.64. The molecule has 25 heavy (non-hydrogen) atoms. The average Bonchev–Trinajstić information content (AvgIpc) is 3.17. The van der Waals surface area contributed by atoms with Gasteiger partial charge in [-0.05, 0) is 42.1 Å². The molecule has 5 nitrogen and oxygen atoms in total. The smallest absolute Gasteiger partial charge is 0.227 e. The summed E-state index contributed by atoms with van der Waals surface area (Å²) in [5, 5.41) is 5.23. The van der Waals surface area contributed by atoms with E-state index in [-0.39, 0.29) is 11.7 Å². The standard InChI is InChI=1S/C19H17N3O2S/c1-24-14-6-4-13(5-7-14)21-19-20-11-15-16(22-19)9-12(10-17(15)23)18-3-2-8-25-18/h2-8,11-12H,9-10H2,1H3,(H,20,21,22)/t12-/m0/s1. The van der Waals surface area contributed by atoms with E-state index >= 15 is 0 Å². The number of aromatic nitrogens is 2. The maximum absolute atomic E-state index is 12.4. The number of ketones is 1. The van der Waals surface area contributed by atoms with Crippen molar-refractivity contribution in [1.82, 2.24) is 9.97 Å². The van der Waals surface area contributed by atoms with Gasteiger partial charge in [0.1, 0.15) is 5.75 Å². The Morgan fingerprint density at radius 2 is 2.04 bits per heavy atom. The normalized spacial score (nSPS) is 16.4. The van der Waals surface area contributed by atoms with Crippen LogP contribution >= 0.6 is 11.3 Å². The van der Waals surface area contributed by atoms with Crippen molar-refractivity contribution in [2.45, 2.75) is 18.8 Å². The number of nitrogens with one attached hydrogen (secondary N) is 1. The number of hydrogen-bond acceptors (Lipinski definition) is 6. The number of nitrogens with zero attached hydrogens (tertiary/aromatic N) is 2. The second-order valence-corrected chi connectivity index (χ2v) is 6.93. The van der Waals surface area contributed by atoms with E-state index in [0.29, 0.717) is 17.9 Å². The molecule has 2 aromatic heterocycles. The van der Waals surface area contributed by atoms with Crippen LogP contribution in [0.15, 0.2) is 48.0 Å². The van der Waals surface area contributed by atoms with Crippen molar-refractivity contribution in [2.75, 3.05) is 12.4 Å². The Morgan fingerprint density at radius 3 is 2.76 bits per heavy atom. The number of rotatable bonds is 4. The molecular formula is C19H17N3O2S. The van der Waals surface area contributed by atoms with Gasteiger partial charge in [0.15, 0.2) is 5.78 Å². The lowest BCUT2D eigenvalue weighted by Crippen LogP contribution is -2.20. The first-order valence-corrected chi connectivity index (χ1v) is 8.94.